The highest BCUT2D eigenvalue weighted by Gasteiger charge is 2.35. The van der Waals surface area contributed by atoms with Gasteiger partial charge < -0.3 is 10.2 Å². The van der Waals surface area contributed by atoms with Crippen LogP contribution in [0.4, 0.5) is 5.69 Å². The molecule has 236 valence electrons. The van der Waals surface area contributed by atoms with Gasteiger partial charge in [-0.1, -0.05) is 89.4 Å². The number of benzene rings is 4. The van der Waals surface area contributed by atoms with E-state index < -0.39 is 34.1 Å². The van der Waals surface area contributed by atoms with Gasteiger partial charge in [0.05, 0.1) is 10.6 Å². The Kier molecular flexibility index (Phi) is 11.0. The maximum Gasteiger partial charge on any atom is 0.264 e. The Morgan fingerprint density at radius 1 is 0.800 bits per heavy atom. The Morgan fingerprint density at radius 3 is 2.04 bits per heavy atom. The maximum absolute atomic E-state index is 14.5. The predicted molar refractivity (Wildman–Crippen MR) is 181 cm³/mol. The summed E-state index contributed by atoms with van der Waals surface area (Å²) in [5.41, 5.74) is 2.11. The first kappa shape index (κ1) is 34.0. The molecular formula is C35H37Cl2N3O4S. The normalized spacial score (nSPS) is 12.3. The Bertz CT molecular complexity index is 1720. The van der Waals surface area contributed by atoms with Crippen molar-refractivity contribution in [1.29, 1.82) is 0 Å². The van der Waals surface area contributed by atoms with Gasteiger partial charge in [-0.15, -0.1) is 0 Å². The van der Waals surface area contributed by atoms with Gasteiger partial charge >= 0.3 is 0 Å². The summed E-state index contributed by atoms with van der Waals surface area (Å²) in [6.07, 6.45) is 0.212. The predicted octanol–water partition coefficient (Wildman–Crippen LogP) is 7.05. The number of hydrogen-bond acceptors (Lipinski definition) is 4. The van der Waals surface area contributed by atoms with E-state index in [-0.39, 0.29) is 29.5 Å². The molecule has 0 bridgehead atoms. The number of hydrogen-bond donors (Lipinski definition) is 1. The SMILES string of the molecule is Cc1ccc(S(=O)(=O)N(CC(=O)N(Cc2ccc(Cl)cc2)[C@H](Cc2ccccc2)C(=O)NC(C)(C)C)c2cccc(Cl)c2)cc1. The standard InChI is InChI=1S/C35H37Cl2N3O4S/c1-25-13-19-31(20-14-25)45(43,44)40(30-12-8-11-29(37)22-30)24-33(41)39(23-27-15-17-28(36)18-16-27)32(34(42)38-35(2,3)4)21-26-9-6-5-7-10-26/h5-20,22,32H,21,23-24H2,1-4H3,(H,38,42)/t32-/m1/s1. The third-order valence-corrected chi connectivity index (χ3v) is 9.29. The molecule has 0 aromatic heterocycles. The molecule has 7 nitrogen and oxygen atoms in total. The highest BCUT2D eigenvalue weighted by molar-refractivity contribution is 7.92. The Balaban J connectivity index is 1.81. The Labute approximate surface area is 275 Å². The van der Waals surface area contributed by atoms with E-state index in [0.717, 1.165) is 21.0 Å². The summed E-state index contributed by atoms with van der Waals surface area (Å²) in [6.45, 7) is 6.93. The second kappa shape index (κ2) is 14.5. The summed E-state index contributed by atoms with van der Waals surface area (Å²) < 4.78 is 29.3. The second-order valence-corrected chi connectivity index (χ2v) is 14.6. The molecule has 1 atom stereocenters. The van der Waals surface area contributed by atoms with Crippen LogP contribution in [0.1, 0.15) is 37.5 Å². The highest BCUT2D eigenvalue weighted by atomic mass is 35.5. The highest BCUT2D eigenvalue weighted by Crippen LogP contribution is 2.27. The molecule has 1 N–H and O–H groups in total. The van der Waals surface area contributed by atoms with Crippen LogP contribution in [-0.4, -0.2) is 43.3 Å². The third-order valence-electron chi connectivity index (χ3n) is 7.02. The number of nitrogens with one attached hydrogen (secondary N) is 1. The molecule has 10 heteroatoms. The lowest BCUT2D eigenvalue weighted by Gasteiger charge is -2.35. The molecule has 0 radical (unpaired) electrons. The number of rotatable bonds is 11. The Hall–Kier alpha value is -3.85. The number of nitrogens with zero attached hydrogens (tertiary/aromatic N) is 2. The van der Waals surface area contributed by atoms with Crippen molar-refractivity contribution in [2.45, 2.75) is 57.1 Å². The fourth-order valence-electron chi connectivity index (χ4n) is 4.79. The largest absolute Gasteiger partial charge is 0.350 e. The van der Waals surface area contributed by atoms with Gasteiger partial charge in [0.2, 0.25) is 11.8 Å². The lowest BCUT2D eigenvalue weighted by atomic mass is 10.0. The smallest absolute Gasteiger partial charge is 0.264 e. The first-order chi connectivity index (χ1) is 21.2. The summed E-state index contributed by atoms with van der Waals surface area (Å²) in [4.78, 5) is 29.9. The number of amides is 2. The molecule has 4 rings (SSSR count). The molecule has 0 saturated carbocycles. The van der Waals surface area contributed by atoms with E-state index in [4.69, 9.17) is 23.2 Å². The van der Waals surface area contributed by atoms with Crippen molar-refractivity contribution in [3.63, 3.8) is 0 Å². The van der Waals surface area contributed by atoms with Crippen molar-refractivity contribution in [3.05, 3.63) is 130 Å². The number of aryl methyl sites for hydroxylation is 1. The molecule has 0 spiro atoms. The number of halogens is 2. The first-order valence-corrected chi connectivity index (χ1v) is 16.7. The summed E-state index contributed by atoms with van der Waals surface area (Å²) in [5.74, 6) is -0.921. The molecule has 0 saturated heterocycles. The van der Waals surface area contributed by atoms with Crippen LogP contribution in [0.15, 0.2) is 108 Å². The van der Waals surface area contributed by atoms with Crippen LogP contribution in [0.25, 0.3) is 0 Å². The van der Waals surface area contributed by atoms with Crippen LogP contribution in [0.3, 0.4) is 0 Å². The molecular weight excluding hydrogens is 629 g/mol. The summed E-state index contributed by atoms with van der Waals surface area (Å²) in [6, 6.07) is 28.2. The van der Waals surface area contributed by atoms with Crippen molar-refractivity contribution < 1.29 is 18.0 Å². The topological polar surface area (TPSA) is 86.8 Å². The monoisotopic (exact) mass is 665 g/mol. The van der Waals surface area contributed by atoms with Gasteiger partial charge in [0.25, 0.3) is 10.0 Å². The lowest BCUT2D eigenvalue weighted by Crippen LogP contribution is -2.56. The zero-order chi connectivity index (χ0) is 32.8. The van der Waals surface area contributed by atoms with Crippen LogP contribution in [0.2, 0.25) is 10.0 Å². The molecule has 0 aliphatic rings. The van der Waals surface area contributed by atoms with Gasteiger partial charge in [-0.3, -0.25) is 13.9 Å². The van der Waals surface area contributed by atoms with E-state index in [2.05, 4.69) is 5.32 Å². The maximum atomic E-state index is 14.5. The average Bonchev–Trinajstić information content (AvgIpc) is 2.98. The van der Waals surface area contributed by atoms with Gasteiger partial charge in [0.15, 0.2) is 0 Å². The van der Waals surface area contributed by atoms with Gasteiger partial charge in [0, 0.05) is 28.5 Å². The Morgan fingerprint density at radius 2 is 1.44 bits per heavy atom. The molecule has 0 aliphatic heterocycles. The molecule has 4 aromatic carbocycles. The zero-order valence-corrected chi connectivity index (χ0v) is 28.0. The van der Waals surface area contributed by atoms with Crippen molar-refractivity contribution >= 4 is 50.7 Å². The number of carbonyl (C=O) groups is 2. The van der Waals surface area contributed by atoms with Crippen molar-refractivity contribution in [3.8, 4) is 0 Å². The van der Waals surface area contributed by atoms with Gasteiger partial charge in [-0.25, -0.2) is 8.42 Å². The first-order valence-electron chi connectivity index (χ1n) is 14.5. The molecule has 0 heterocycles. The number of sulfonamides is 1. The van der Waals surface area contributed by atoms with E-state index >= 15 is 0 Å². The third kappa shape index (κ3) is 9.33. The van der Waals surface area contributed by atoms with Crippen molar-refractivity contribution in [1.82, 2.24) is 10.2 Å². The average molecular weight is 667 g/mol. The van der Waals surface area contributed by atoms with Crippen LogP contribution < -0.4 is 9.62 Å². The van der Waals surface area contributed by atoms with Crippen molar-refractivity contribution in [2.24, 2.45) is 0 Å². The fourth-order valence-corrected chi connectivity index (χ4v) is 6.51. The minimum atomic E-state index is -4.22. The zero-order valence-electron chi connectivity index (χ0n) is 25.7. The van der Waals surface area contributed by atoms with Crippen LogP contribution >= 0.6 is 23.2 Å². The number of carbonyl (C=O) groups excluding carboxylic acids is 2. The van der Waals surface area contributed by atoms with E-state index in [1.807, 2.05) is 58.0 Å². The molecule has 45 heavy (non-hydrogen) atoms. The number of anilines is 1. The minimum Gasteiger partial charge on any atom is -0.350 e. The molecule has 0 fully saturated rings. The minimum absolute atomic E-state index is 0.0245. The van der Waals surface area contributed by atoms with E-state index in [1.54, 1.807) is 54.6 Å². The van der Waals surface area contributed by atoms with Crippen LogP contribution in [-0.2, 0) is 32.6 Å². The van der Waals surface area contributed by atoms with Crippen LogP contribution in [0, 0.1) is 6.92 Å². The molecule has 0 aliphatic carbocycles. The van der Waals surface area contributed by atoms with Crippen LogP contribution in [0.5, 0.6) is 0 Å². The van der Waals surface area contributed by atoms with Gasteiger partial charge in [-0.2, -0.15) is 0 Å². The van der Waals surface area contributed by atoms with E-state index in [0.29, 0.717) is 10.0 Å². The second-order valence-electron chi connectivity index (χ2n) is 11.9. The summed E-state index contributed by atoms with van der Waals surface area (Å²) in [5, 5.41) is 3.86. The molecule has 0 unspecified atom stereocenters. The van der Waals surface area contributed by atoms with Gasteiger partial charge in [-0.05, 0) is 81.3 Å². The quantitative estimate of drug-likeness (QED) is 0.186. The molecule has 2 amide bonds. The summed E-state index contributed by atoms with van der Waals surface area (Å²) >= 11 is 12.4. The fraction of sp³-hybridized carbons (Fsp3) is 0.257. The summed E-state index contributed by atoms with van der Waals surface area (Å²) in [7, 11) is -4.22. The lowest BCUT2D eigenvalue weighted by molar-refractivity contribution is -0.140. The van der Waals surface area contributed by atoms with Crippen molar-refractivity contribution in [2.75, 3.05) is 10.8 Å². The van der Waals surface area contributed by atoms with E-state index in [1.165, 1.54) is 23.1 Å². The van der Waals surface area contributed by atoms with E-state index in [9.17, 15) is 18.0 Å². The molecule has 4 aromatic rings. The van der Waals surface area contributed by atoms with Gasteiger partial charge in [0.1, 0.15) is 12.6 Å².